The molecule has 3 rings (SSSR count). The van der Waals surface area contributed by atoms with Crippen molar-refractivity contribution in [2.45, 2.75) is 19.5 Å². The Kier molecular flexibility index (Phi) is 8.85. The highest BCUT2D eigenvalue weighted by Crippen LogP contribution is 2.30. The lowest BCUT2D eigenvalue weighted by Crippen LogP contribution is -2.44. The molecule has 1 aromatic heterocycles. The Bertz CT molecular complexity index is 1300. The van der Waals surface area contributed by atoms with Crippen LogP contribution in [0.15, 0.2) is 48.5 Å². The van der Waals surface area contributed by atoms with Gasteiger partial charge in [0.15, 0.2) is 5.69 Å². The molecule has 0 saturated carbocycles. The first kappa shape index (κ1) is 27.2. The van der Waals surface area contributed by atoms with Gasteiger partial charge in [0.25, 0.3) is 11.8 Å². The average Bonchev–Trinajstić information content (AvgIpc) is 3.26. The SMILES string of the molecule is CCOC(=O)CNC(=O)[C@@H](c1ccc(F)cc1)N(Cc1ccc(F)cc1)C(=O)c1snc(C(N)=O)c1N. The van der Waals surface area contributed by atoms with Crippen LogP contribution in [0.25, 0.3) is 0 Å². The number of nitrogens with zero attached hydrogens (tertiary/aromatic N) is 2. The summed E-state index contributed by atoms with van der Waals surface area (Å²) in [5, 5.41) is 2.42. The number of rotatable bonds is 10. The van der Waals surface area contributed by atoms with E-state index in [1.165, 1.54) is 36.4 Å². The molecule has 1 atom stereocenters. The maximum atomic E-state index is 13.7. The summed E-state index contributed by atoms with van der Waals surface area (Å²) >= 11 is 0.613. The maximum Gasteiger partial charge on any atom is 0.325 e. The van der Waals surface area contributed by atoms with Crippen LogP contribution < -0.4 is 16.8 Å². The van der Waals surface area contributed by atoms with E-state index in [1.54, 1.807) is 6.92 Å². The minimum Gasteiger partial charge on any atom is -0.465 e. The van der Waals surface area contributed by atoms with Crippen molar-refractivity contribution in [3.05, 3.63) is 81.9 Å². The summed E-state index contributed by atoms with van der Waals surface area (Å²) in [6.45, 7) is 0.983. The zero-order valence-corrected chi connectivity index (χ0v) is 20.4. The van der Waals surface area contributed by atoms with E-state index in [-0.39, 0.29) is 35.0 Å². The standard InChI is InChI=1S/C24H23F2N5O5S/c1-2-36-17(32)11-29-23(34)20(14-5-9-16(26)10-6-14)31(12-13-3-7-15(25)8-4-13)24(35)21-18(27)19(22(28)33)30-37-21/h3-10,20H,2,11-12,27H2,1H3,(H2,28,33)(H,29,34)/t20-/m1/s1. The van der Waals surface area contributed by atoms with Crippen LogP contribution in [-0.2, 0) is 20.9 Å². The second-order valence-electron chi connectivity index (χ2n) is 7.67. The van der Waals surface area contributed by atoms with E-state index in [1.807, 2.05) is 0 Å². The lowest BCUT2D eigenvalue weighted by Gasteiger charge is -2.31. The van der Waals surface area contributed by atoms with Gasteiger partial charge >= 0.3 is 5.97 Å². The van der Waals surface area contributed by atoms with E-state index in [0.717, 1.165) is 17.0 Å². The van der Waals surface area contributed by atoms with Crippen molar-refractivity contribution < 1.29 is 32.7 Å². The third-order valence-electron chi connectivity index (χ3n) is 5.14. The number of hydrogen-bond acceptors (Lipinski definition) is 8. The summed E-state index contributed by atoms with van der Waals surface area (Å²) in [5.74, 6) is -4.32. The summed E-state index contributed by atoms with van der Waals surface area (Å²) in [4.78, 5) is 51.5. The third-order valence-corrected chi connectivity index (χ3v) is 5.99. The number of primary amides is 1. The van der Waals surface area contributed by atoms with Crippen molar-refractivity contribution in [3.8, 4) is 0 Å². The Labute approximate surface area is 214 Å². The zero-order chi connectivity index (χ0) is 27.1. The number of nitrogens with one attached hydrogen (secondary N) is 1. The molecule has 0 spiro atoms. The Morgan fingerprint density at radius 1 is 1.05 bits per heavy atom. The molecule has 2 aromatic carbocycles. The highest BCUT2D eigenvalue weighted by Gasteiger charge is 2.35. The van der Waals surface area contributed by atoms with Crippen molar-refractivity contribution in [2.75, 3.05) is 18.9 Å². The van der Waals surface area contributed by atoms with Gasteiger partial charge in [-0.15, -0.1) is 0 Å². The van der Waals surface area contributed by atoms with Crippen LogP contribution >= 0.6 is 11.5 Å². The minimum absolute atomic E-state index is 0.0954. The number of anilines is 1. The zero-order valence-electron chi connectivity index (χ0n) is 19.6. The molecule has 0 unspecified atom stereocenters. The molecule has 0 saturated heterocycles. The van der Waals surface area contributed by atoms with Gasteiger partial charge in [-0.3, -0.25) is 19.2 Å². The van der Waals surface area contributed by atoms with Gasteiger partial charge in [0.05, 0.1) is 12.3 Å². The number of amides is 3. The summed E-state index contributed by atoms with van der Waals surface area (Å²) < 4.78 is 35.9. The van der Waals surface area contributed by atoms with Crippen molar-refractivity contribution in [1.82, 2.24) is 14.6 Å². The molecule has 194 valence electrons. The van der Waals surface area contributed by atoms with Gasteiger partial charge in [-0.2, -0.15) is 4.37 Å². The van der Waals surface area contributed by atoms with E-state index >= 15 is 0 Å². The number of aromatic nitrogens is 1. The van der Waals surface area contributed by atoms with Crippen molar-refractivity contribution >= 4 is 40.9 Å². The Morgan fingerprint density at radius 2 is 1.65 bits per heavy atom. The van der Waals surface area contributed by atoms with Gasteiger partial charge < -0.3 is 26.4 Å². The number of benzene rings is 2. The minimum atomic E-state index is -1.40. The Balaban J connectivity index is 2.09. The second kappa shape index (κ2) is 12.0. The molecule has 10 nitrogen and oxygen atoms in total. The number of nitrogen functional groups attached to an aromatic ring is 1. The van der Waals surface area contributed by atoms with Gasteiger partial charge in [-0.1, -0.05) is 24.3 Å². The first-order valence-electron chi connectivity index (χ1n) is 10.9. The van der Waals surface area contributed by atoms with E-state index in [9.17, 15) is 28.0 Å². The van der Waals surface area contributed by atoms with Gasteiger partial charge in [0, 0.05) is 6.54 Å². The lowest BCUT2D eigenvalue weighted by molar-refractivity contribution is -0.143. The number of carbonyl (C=O) groups excluding carboxylic acids is 4. The van der Waals surface area contributed by atoms with E-state index in [2.05, 4.69) is 9.69 Å². The molecule has 1 heterocycles. The lowest BCUT2D eigenvalue weighted by atomic mass is 10.0. The number of ether oxygens (including phenoxy) is 1. The fraction of sp³-hybridized carbons (Fsp3) is 0.208. The summed E-state index contributed by atoms with van der Waals surface area (Å²) in [5.41, 5.74) is 11.3. The van der Waals surface area contributed by atoms with Crippen LogP contribution in [-0.4, -0.2) is 46.1 Å². The largest absolute Gasteiger partial charge is 0.465 e. The molecule has 0 aliphatic rings. The normalized spacial score (nSPS) is 11.4. The van der Waals surface area contributed by atoms with Crippen LogP contribution in [0, 0.1) is 11.6 Å². The molecule has 3 amide bonds. The van der Waals surface area contributed by atoms with Gasteiger partial charge in [0.2, 0.25) is 5.91 Å². The molecule has 3 aromatic rings. The number of carbonyl (C=O) groups is 4. The van der Waals surface area contributed by atoms with Crippen molar-refractivity contribution in [2.24, 2.45) is 5.73 Å². The molecule has 0 aliphatic carbocycles. The fourth-order valence-corrected chi connectivity index (χ4v) is 4.17. The van der Waals surface area contributed by atoms with Crippen molar-refractivity contribution in [1.29, 1.82) is 0 Å². The quantitative estimate of drug-likeness (QED) is 0.338. The molecule has 0 bridgehead atoms. The van der Waals surface area contributed by atoms with Crippen LogP contribution in [0.1, 0.15) is 44.3 Å². The predicted octanol–water partition coefficient (Wildman–Crippen LogP) is 2.17. The van der Waals surface area contributed by atoms with Gasteiger partial charge in [0.1, 0.15) is 29.1 Å². The van der Waals surface area contributed by atoms with Crippen LogP contribution in [0.3, 0.4) is 0 Å². The van der Waals surface area contributed by atoms with E-state index in [0.29, 0.717) is 17.1 Å². The smallest absolute Gasteiger partial charge is 0.325 e. The number of hydrogen-bond donors (Lipinski definition) is 3. The van der Waals surface area contributed by atoms with Crippen LogP contribution in [0.4, 0.5) is 14.5 Å². The second-order valence-corrected chi connectivity index (χ2v) is 8.45. The van der Waals surface area contributed by atoms with Crippen molar-refractivity contribution in [3.63, 3.8) is 0 Å². The first-order chi connectivity index (χ1) is 17.6. The fourth-order valence-electron chi connectivity index (χ4n) is 3.41. The predicted molar refractivity (Wildman–Crippen MR) is 130 cm³/mol. The number of esters is 1. The van der Waals surface area contributed by atoms with Crippen LogP contribution in [0.5, 0.6) is 0 Å². The summed E-state index contributed by atoms with van der Waals surface area (Å²) in [7, 11) is 0. The highest BCUT2D eigenvalue weighted by atomic mass is 32.1. The Hall–Kier alpha value is -4.39. The number of nitrogens with two attached hydrogens (primary N) is 2. The Morgan fingerprint density at radius 3 is 2.19 bits per heavy atom. The third kappa shape index (κ3) is 6.64. The molecular weight excluding hydrogens is 508 g/mol. The molecule has 0 aliphatic heterocycles. The van der Waals surface area contributed by atoms with Gasteiger partial charge in [-0.25, -0.2) is 8.78 Å². The average molecular weight is 532 g/mol. The molecule has 0 fully saturated rings. The van der Waals surface area contributed by atoms with E-state index in [4.69, 9.17) is 16.2 Å². The molecule has 13 heteroatoms. The highest BCUT2D eigenvalue weighted by molar-refractivity contribution is 7.09. The molecule has 5 N–H and O–H groups in total. The number of halogens is 2. The molecular formula is C24H23F2N5O5S. The van der Waals surface area contributed by atoms with E-state index < -0.39 is 47.9 Å². The summed E-state index contributed by atoms with van der Waals surface area (Å²) in [6.07, 6.45) is 0. The molecule has 0 radical (unpaired) electrons. The first-order valence-corrected chi connectivity index (χ1v) is 11.7. The summed E-state index contributed by atoms with van der Waals surface area (Å²) in [6, 6.07) is 8.61. The topological polar surface area (TPSA) is 158 Å². The maximum absolute atomic E-state index is 13.7. The van der Waals surface area contributed by atoms with Gasteiger partial charge in [-0.05, 0) is 53.8 Å². The molecule has 37 heavy (non-hydrogen) atoms. The monoisotopic (exact) mass is 531 g/mol. The van der Waals surface area contributed by atoms with Crippen LogP contribution in [0.2, 0.25) is 0 Å².